The smallest absolute Gasteiger partial charge is 0.0717 e. The van der Waals surface area contributed by atoms with E-state index in [1.165, 1.54) is 5.56 Å². The van der Waals surface area contributed by atoms with E-state index < -0.39 is 0 Å². The molecule has 0 aromatic heterocycles. The van der Waals surface area contributed by atoms with Crippen LogP contribution in [-0.4, -0.2) is 6.61 Å². The molecule has 2 nitrogen and oxygen atoms in total. The number of nitrogens with two attached hydrogens (primary N) is 1. The van der Waals surface area contributed by atoms with Crippen LogP contribution in [0.25, 0.3) is 0 Å². The van der Waals surface area contributed by atoms with Gasteiger partial charge in [0.2, 0.25) is 0 Å². The van der Waals surface area contributed by atoms with Gasteiger partial charge in [-0.05, 0) is 48.2 Å². The third-order valence-electron chi connectivity index (χ3n) is 2.89. The summed E-state index contributed by atoms with van der Waals surface area (Å²) < 4.78 is 5.64. The Morgan fingerprint density at radius 2 is 1.79 bits per heavy atom. The van der Waals surface area contributed by atoms with Crippen molar-refractivity contribution in [1.29, 1.82) is 0 Å². The number of anilines is 1. The number of aryl methyl sites for hydroxylation is 1. The highest BCUT2D eigenvalue weighted by molar-refractivity contribution is 6.30. The molecule has 0 aliphatic heterocycles. The summed E-state index contributed by atoms with van der Waals surface area (Å²) in [6.45, 7) is 1.36. The average molecular weight is 276 g/mol. The van der Waals surface area contributed by atoms with Crippen molar-refractivity contribution in [3.05, 3.63) is 64.7 Å². The van der Waals surface area contributed by atoms with Crippen LogP contribution in [0.15, 0.2) is 48.5 Å². The molecule has 0 bridgehead atoms. The Bertz CT molecular complexity index is 510. The van der Waals surface area contributed by atoms with Crippen molar-refractivity contribution < 1.29 is 4.74 Å². The quantitative estimate of drug-likeness (QED) is 0.637. The lowest BCUT2D eigenvalue weighted by Crippen LogP contribution is -1.97. The third-order valence-corrected chi connectivity index (χ3v) is 3.13. The molecule has 2 aromatic carbocycles. The summed E-state index contributed by atoms with van der Waals surface area (Å²) in [7, 11) is 0. The molecule has 2 rings (SSSR count). The lowest BCUT2D eigenvalue weighted by molar-refractivity contribution is 0.118. The van der Waals surface area contributed by atoms with Gasteiger partial charge >= 0.3 is 0 Å². The third kappa shape index (κ3) is 4.93. The normalized spacial score (nSPS) is 10.6. The second-order valence-corrected chi connectivity index (χ2v) is 4.96. The van der Waals surface area contributed by atoms with Crippen molar-refractivity contribution in [3.63, 3.8) is 0 Å². The summed E-state index contributed by atoms with van der Waals surface area (Å²) in [6.07, 6.45) is 2.01. The summed E-state index contributed by atoms with van der Waals surface area (Å²) in [5.41, 5.74) is 8.85. The van der Waals surface area contributed by atoms with E-state index in [1.54, 1.807) is 0 Å². The molecule has 2 N–H and O–H groups in total. The molecular weight excluding hydrogens is 258 g/mol. The fourth-order valence-corrected chi connectivity index (χ4v) is 2.09. The van der Waals surface area contributed by atoms with Crippen LogP contribution in [0.5, 0.6) is 0 Å². The average Bonchev–Trinajstić information content (AvgIpc) is 2.41. The van der Waals surface area contributed by atoms with E-state index >= 15 is 0 Å². The Balaban J connectivity index is 1.66. The van der Waals surface area contributed by atoms with Crippen LogP contribution in [0.2, 0.25) is 5.02 Å². The van der Waals surface area contributed by atoms with E-state index in [4.69, 9.17) is 22.1 Å². The van der Waals surface area contributed by atoms with Gasteiger partial charge < -0.3 is 10.5 Å². The number of benzene rings is 2. The van der Waals surface area contributed by atoms with Gasteiger partial charge in [-0.3, -0.25) is 0 Å². The molecule has 19 heavy (non-hydrogen) atoms. The second kappa shape index (κ2) is 7.17. The number of nitrogen functional groups attached to an aromatic ring is 1. The van der Waals surface area contributed by atoms with Crippen LogP contribution < -0.4 is 5.73 Å². The fourth-order valence-electron chi connectivity index (χ4n) is 1.88. The Labute approximate surface area is 119 Å². The first-order chi connectivity index (χ1) is 9.24. The van der Waals surface area contributed by atoms with Crippen molar-refractivity contribution in [1.82, 2.24) is 0 Å². The zero-order valence-electron chi connectivity index (χ0n) is 10.8. The Hall–Kier alpha value is -1.51. The molecule has 2 aromatic rings. The SMILES string of the molecule is Nc1ccc(CCCOCc2cccc(Cl)c2)cc1. The number of hydrogen-bond donors (Lipinski definition) is 1. The molecule has 0 atom stereocenters. The van der Waals surface area contributed by atoms with E-state index in [9.17, 15) is 0 Å². The Morgan fingerprint density at radius 1 is 1.00 bits per heavy atom. The molecule has 0 spiro atoms. The molecule has 0 heterocycles. The highest BCUT2D eigenvalue weighted by atomic mass is 35.5. The molecule has 0 amide bonds. The zero-order chi connectivity index (χ0) is 13.5. The predicted molar refractivity (Wildman–Crippen MR) is 80.3 cm³/mol. The molecule has 0 fully saturated rings. The highest BCUT2D eigenvalue weighted by Gasteiger charge is 1.96. The fraction of sp³-hybridized carbons (Fsp3) is 0.250. The maximum absolute atomic E-state index is 5.91. The molecule has 0 aliphatic carbocycles. The van der Waals surface area contributed by atoms with Gasteiger partial charge in [-0.2, -0.15) is 0 Å². The van der Waals surface area contributed by atoms with E-state index in [0.717, 1.165) is 35.7 Å². The van der Waals surface area contributed by atoms with Crippen LogP contribution in [0.3, 0.4) is 0 Å². The number of rotatable bonds is 6. The van der Waals surface area contributed by atoms with Crippen molar-refractivity contribution >= 4 is 17.3 Å². The molecule has 0 radical (unpaired) electrons. The van der Waals surface area contributed by atoms with Crippen LogP contribution in [0, 0.1) is 0 Å². The highest BCUT2D eigenvalue weighted by Crippen LogP contribution is 2.12. The first-order valence-electron chi connectivity index (χ1n) is 6.40. The van der Waals surface area contributed by atoms with Crippen molar-refractivity contribution in [3.8, 4) is 0 Å². The van der Waals surface area contributed by atoms with Gasteiger partial charge in [-0.1, -0.05) is 35.9 Å². The maximum atomic E-state index is 5.91. The van der Waals surface area contributed by atoms with Gasteiger partial charge in [-0.25, -0.2) is 0 Å². The monoisotopic (exact) mass is 275 g/mol. The zero-order valence-corrected chi connectivity index (χ0v) is 11.6. The van der Waals surface area contributed by atoms with Gasteiger partial charge in [0, 0.05) is 17.3 Å². The van der Waals surface area contributed by atoms with Gasteiger partial charge in [-0.15, -0.1) is 0 Å². The van der Waals surface area contributed by atoms with Gasteiger partial charge in [0.15, 0.2) is 0 Å². The maximum Gasteiger partial charge on any atom is 0.0717 e. The molecular formula is C16H18ClNO. The van der Waals surface area contributed by atoms with Crippen LogP contribution in [0.1, 0.15) is 17.5 Å². The molecule has 0 aliphatic rings. The molecule has 0 unspecified atom stereocenters. The lowest BCUT2D eigenvalue weighted by Gasteiger charge is -2.05. The lowest BCUT2D eigenvalue weighted by atomic mass is 10.1. The van der Waals surface area contributed by atoms with Crippen molar-refractivity contribution in [2.75, 3.05) is 12.3 Å². The van der Waals surface area contributed by atoms with Crippen LogP contribution in [-0.2, 0) is 17.8 Å². The van der Waals surface area contributed by atoms with Crippen molar-refractivity contribution in [2.24, 2.45) is 0 Å². The molecule has 100 valence electrons. The Kier molecular flexibility index (Phi) is 5.25. The van der Waals surface area contributed by atoms with E-state index in [-0.39, 0.29) is 0 Å². The minimum atomic E-state index is 0.613. The Morgan fingerprint density at radius 3 is 2.53 bits per heavy atom. The molecule has 0 saturated heterocycles. The van der Waals surface area contributed by atoms with E-state index in [2.05, 4.69) is 12.1 Å². The van der Waals surface area contributed by atoms with Crippen molar-refractivity contribution in [2.45, 2.75) is 19.4 Å². The molecule has 3 heteroatoms. The topological polar surface area (TPSA) is 35.2 Å². The largest absolute Gasteiger partial charge is 0.399 e. The van der Waals surface area contributed by atoms with Gasteiger partial charge in [0.1, 0.15) is 0 Å². The summed E-state index contributed by atoms with van der Waals surface area (Å²) in [5.74, 6) is 0. The van der Waals surface area contributed by atoms with Crippen LogP contribution >= 0.6 is 11.6 Å². The minimum Gasteiger partial charge on any atom is -0.399 e. The first-order valence-corrected chi connectivity index (χ1v) is 6.78. The summed E-state index contributed by atoms with van der Waals surface area (Å²) >= 11 is 5.91. The number of halogens is 1. The first kappa shape index (κ1) is 13.9. The number of hydrogen-bond acceptors (Lipinski definition) is 2. The standard InChI is InChI=1S/C16H18ClNO/c17-15-5-1-3-14(11-15)12-19-10-2-4-13-6-8-16(18)9-7-13/h1,3,5-9,11H,2,4,10,12,18H2. The van der Waals surface area contributed by atoms with Gasteiger partial charge in [0.05, 0.1) is 6.61 Å². The van der Waals surface area contributed by atoms with E-state index in [1.807, 2.05) is 36.4 Å². The second-order valence-electron chi connectivity index (χ2n) is 4.53. The summed E-state index contributed by atoms with van der Waals surface area (Å²) in [6, 6.07) is 15.7. The minimum absolute atomic E-state index is 0.613. The summed E-state index contributed by atoms with van der Waals surface area (Å²) in [4.78, 5) is 0. The predicted octanol–water partition coefficient (Wildman–Crippen LogP) is 4.07. The van der Waals surface area contributed by atoms with Crippen LogP contribution in [0.4, 0.5) is 5.69 Å². The van der Waals surface area contributed by atoms with Gasteiger partial charge in [0.25, 0.3) is 0 Å². The summed E-state index contributed by atoms with van der Waals surface area (Å²) in [5, 5.41) is 0.753. The van der Waals surface area contributed by atoms with E-state index in [0.29, 0.717) is 6.61 Å². The molecule has 0 saturated carbocycles. The number of ether oxygens (including phenoxy) is 1.